The number of halogens is 2. The van der Waals surface area contributed by atoms with Gasteiger partial charge in [0, 0.05) is 0 Å². The van der Waals surface area contributed by atoms with Gasteiger partial charge in [-0.25, -0.2) is 0 Å². The van der Waals surface area contributed by atoms with E-state index in [2.05, 4.69) is 5.32 Å². The van der Waals surface area contributed by atoms with Crippen LogP contribution in [0.5, 0.6) is 5.75 Å². The SMILES string of the molecule is CCOC(=O)Cc1ccc(OC2CCNCC2)cc1.Cl.Cl. The first kappa shape index (κ1) is 20.0. The highest BCUT2D eigenvalue weighted by atomic mass is 35.5. The number of rotatable bonds is 5. The van der Waals surface area contributed by atoms with Crippen molar-refractivity contribution >= 4 is 30.8 Å². The maximum atomic E-state index is 11.4. The van der Waals surface area contributed by atoms with Crippen molar-refractivity contribution in [1.82, 2.24) is 5.32 Å². The van der Waals surface area contributed by atoms with Crippen LogP contribution in [0.3, 0.4) is 0 Å². The van der Waals surface area contributed by atoms with Gasteiger partial charge in [-0.05, 0) is 50.6 Å². The van der Waals surface area contributed by atoms with Gasteiger partial charge in [0.1, 0.15) is 11.9 Å². The number of benzene rings is 1. The number of hydrogen-bond acceptors (Lipinski definition) is 4. The molecule has 120 valence electrons. The molecule has 0 amide bonds. The Hall–Kier alpha value is -0.970. The fourth-order valence-corrected chi connectivity index (χ4v) is 2.17. The summed E-state index contributed by atoms with van der Waals surface area (Å²) in [6.07, 6.45) is 2.72. The van der Waals surface area contributed by atoms with Crippen LogP contribution in [0.2, 0.25) is 0 Å². The molecule has 1 heterocycles. The Morgan fingerprint density at radius 2 is 1.81 bits per heavy atom. The lowest BCUT2D eigenvalue weighted by Gasteiger charge is -2.23. The molecule has 1 aliphatic rings. The standard InChI is InChI=1S/C15H21NO3.2ClH/c1-2-18-15(17)11-12-3-5-13(6-4-12)19-14-7-9-16-10-8-14;;/h3-6,14,16H,2,7-11H2,1H3;2*1H. The zero-order valence-corrected chi connectivity index (χ0v) is 13.8. The molecule has 0 bridgehead atoms. The largest absolute Gasteiger partial charge is 0.490 e. The second-order valence-electron chi connectivity index (χ2n) is 4.69. The summed E-state index contributed by atoms with van der Waals surface area (Å²) in [5.41, 5.74) is 0.955. The number of carbonyl (C=O) groups excluding carboxylic acids is 1. The van der Waals surface area contributed by atoms with E-state index >= 15 is 0 Å². The third-order valence-corrected chi connectivity index (χ3v) is 3.17. The van der Waals surface area contributed by atoms with Crippen molar-refractivity contribution in [1.29, 1.82) is 0 Å². The van der Waals surface area contributed by atoms with Gasteiger partial charge in [0.2, 0.25) is 0 Å². The normalized spacial score (nSPS) is 14.5. The van der Waals surface area contributed by atoms with Crippen LogP contribution in [0.1, 0.15) is 25.3 Å². The minimum Gasteiger partial charge on any atom is -0.490 e. The molecule has 4 nitrogen and oxygen atoms in total. The number of nitrogens with one attached hydrogen (secondary N) is 1. The maximum Gasteiger partial charge on any atom is 0.310 e. The molecule has 1 aromatic carbocycles. The predicted molar refractivity (Wildman–Crippen MR) is 87.8 cm³/mol. The van der Waals surface area contributed by atoms with Crippen molar-refractivity contribution in [3.8, 4) is 5.75 Å². The van der Waals surface area contributed by atoms with Gasteiger partial charge < -0.3 is 14.8 Å². The highest BCUT2D eigenvalue weighted by Crippen LogP contribution is 2.17. The lowest BCUT2D eigenvalue weighted by Crippen LogP contribution is -2.34. The molecule has 0 aliphatic carbocycles. The summed E-state index contributed by atoms with van der Waals surface area (Å²) in [6, 6.07) is 7.70. The second kappa shape index (κ2) is 10.7. The van der Waals surface area contributed by atoms with Gasteiger partial charge in [0.25, 0.3) is 0 Å². The molecule has 0 saturated carbocycles. The van der Waals surface area contributed by atoms with Crippen LogP contribution in [0, 0.1) is 0 Å². The van der Waals surface area contributed by atoms with Gasteiger partial charge in [0.15, 0.2) is 0 Å². The molecule has 1 aliphatic heterocycles. The molecule has 1 fully saturated rings. The van der Waals surface area contributed by atoms with Crippen molar-refractivity contribution in [3.63, 3.8) is 0 Å². The van der Waals surface area contributed by atoms with E-state index in [4.69, 9.17) is 9.47 Å². The first-order chi connectivity index (χ1) is 9.28. The molecular weight excluding hydrogens is 313 g/mol. The minimum absolute atomic E-state index is 0. The average molecular weight is 336 g/mol. The van der Waals surface area contributed by atoms with E-state index in [0.717, 1.165) is 37.2 Å². The van der Waals surface area contributed by atoms with Crippen LogP contribution in [0.4, 0.5) is 0 Å². The molecule has 2 rings (SSSR count). The molecule has 21 heavy (non-hydrogen) atoms. The number of esters is 1. The fourth-order valence-electron chi connectivity index (χ4n) is 2.17. The van der Waals surface area contributed by atoms with E-state index in [-0.39, 0.29) is 30.8 Å². The van der Waals surface area contributed by atoms with Crippen LogP contribution in [-0.4, -0.2) is 31.8 Å². The zero-order valence-electron chi connectivity index (χ0n) is 12.2. The van der Waals surface area contributed by atoms with Gasteiger partial charge in [-0.2, -0.15) is 0 Å². The highest BCUT2D eigenvalue weighted by molar-refractivity contribution is 5.85. The highest BCUT2D eigenvalue weighted by Gasteiger charge is 2.14. The molecule has 1 saturated heterocycles. The number of carbonyl (C=O) groups is 1. The molecular formula is C15H23Cl2NO3. The van der Waals surface area contributed by atoms with Crippen LogP contribution in [0.25, 0.3) is 0 Å². The Labute approximate surface area is 138 Å². The van der Waals surface area contributed by atoms with Crippen molar-refractivity contribution < 1.29 is 14.3 Å². The van der Waals surface area contributed by atoms with Gasteiger partial charge in [0.05, 0.1) is 13.0 Å². The van der Waals surface area contributed by atoms with Crippen molar-refractivity contribution in [2.75, 3.05) is 19.7 Å². The first-order valence-electron chi connectivity index (χ1n) is 6.90. The summed E-state index contributed by atoms with van der Waals surface area (Å²) >= 11 is 0. The summed E-state index contributed by atoms with van der Waals surface area (Å²) in [4.78, 5) is 11.4. The summed E-state index contributed by atoms with van der Waals surface area (Å²) < 4.78 is 10.8. The third kappa shape index (κ3) is 7.02. The smallest absolute Gasteiger partial charge is 0.310 e. The molecule has 0 radical (unpaired) electrons. The summed E-state index contributed by atoms with van der Waals surface area (Å²) in [6.45, 7) is 4.28. The van der Waals surface area contributed by atoms with Crippen LogP contribution in [-0.2, 0) is 16.0 Å². The molecule has 0 spiro atoms. The van der Waals surface area contributed by atoms with Crippen molar-refractivity contribution in [2.45, 2.75) is 32.3 Å². The molecule has 1 aromatic rings. The molecule has 0 aromatic heterocycles. The lowest BCUT2D eigenvalue weighted by atomic mass is 10.1. The molecule has 6 heteroatoms. The second-order valence-corrected chi connectivity index (χ2v) is 4.69. The summed E-state index contributed by atoms with van der Waals surface area (Å²) in [7, 11) is 0. The van der Waals surface area contributed by atoms with Crippen LogP contribution >= 0.6 is 24.8 Å². The van der Waals surface area contributed by atoms with E-state index < -0.39 is 0 Å². The topological polar surface area (TPSA) is 47.6 Å². The van der Waals surface area contributed by atoms with Gasteiger partial charge in [-0.15, -0.1) is 24.8 Å². The summed E-state index contributed by atoms with van der Waals surface area (Å²) in [5.74, 6) is 0.689. The first-order valence-corrected chi connectivity index (χ1v) is 6.90. The van der Waals surface area contributed by atoms with E-state index in [1.165, 1.54) is 0 Å². The Bertz CT molecular complexity index is 406. The maximum absolute atomic E-state index is 11.4. The van der Waals surface area contributed by atoms with Crippen LogP contribution in [0.15, 0.2) is 24.3 Å². The van der Waals surface area contributed by atoms with Gasteiger partial charge in [-0.1, -0.05) is 12.1 Å². The van der Waals surface area contributed by atoms with E-state index in [1.807, 2.05) is 31.2 Å². The Morgan fingerprint density at radius 1 is 1.19 bits per heavy atom. The van der Waals surface area contributed by atoms with Gasteiger partial charge >= 0.3 is 5.97 Å². The summed E-state index contributed by atoms with van der Waals surface area (Å²) in [5, 5.41) is 3.31. The number of ether oxygens (including phenoxy) is 2. The Morgan fingerprint density at radius 3 is 2.38 bits per heavy atom. The number of hydrogen-bond donors (Lipinski definition) is 1. The van der Waals surface area contributed by atoms with Crippen molar-refractivity contribution in [3.05, 3.63) is 29.8 Å². The van der Waals surface area contributed by atoms with E-state index in [9.17, 15) is 4.79 Å². The Kier molecular flexibility index (Phi) is 10.2. The van der Waals surface area contributed by atoms with Gasteiger partial charge in [-0.3, -0.25) is 4.79 Å². The van der Waals surface area contributed by atoms with Crippen molar-refractivity contribution in [2.24, 2.45) is 0 Å². The molecule has 0 atom stereocenters. The lowest BCUT2D eigenvalue weighted by molar-refractivity contribution is -0.142. The Balaban J connectivity index is 0.00000200. The monoisotopic (exact) mass is 335 g/mol. The molecule has 1 N–H and O–H groups in total. The zero-order chi connectivity index (χ0) is 13.5. The minimum atomic E-state index is -0.186. The quantitative estimate of drug-likeness (QED) is 0.840. The molecule has 0 unspecified atom stereocenters. The van der Waals surface area contributed by atoms with E-state index in [1.54, 1.807) is 0 Å². The van der Waals surface area contributed by atoms with E-state index in [0.29, 0.717) is 19.1 Å². The fraction of sp³-hybridized carbons (Fsp3) is 0.533. The third-order valence-electron chi connectivity index (χ3n) is 3.17. The average Bonchev–Trinajstić information content (AvgIpc) is 2.42. The number of piperidine rings is 1. The van der Waals surface area contributed by atoms with Crippen LogP contribution < -0.4 is 10.1 Å². The predicted octanol–water partition coefficient (Wildman–Crippen LogP) is 2.77.